The van der Waals surface area contributed by atoms with Crippen LogP contribution in [0.5, 0.6) is 5.75 Å². The van der Waals surface area contributed by atoms with Crippen molar-refractivity contribution in [2.45, 2.75) is 19.3 Å². The summed E-state index contributed by atoms with van der Waals surface area (Å²) >= 11 is 0. The summed E-state index contributed by atoms with van der Waals surface area (Å²) in [7, 11) is 0. The van der Waals surface area contributed by atoms with Gasteiger partial charge in [-0.1, -0.05) is 80.6 Å². The van der Waals surface area contributed by atoms with Gasteiger partial charge in [0.05, 0.1) is 0 Å². The molecule has 1 N–H and O–H groups in total. The van der Waals surface area contributed by atoms with Crippen molar-refractivity contribution in [1.82, 2.24) is 0 Å². The number of carbonyl (C=O) groups is 1. The number of aromatic hydroxyl groups is 1. The standard InChI is InChI=1S/C24H22O2/c1-24(2,20-11-7-4-8-12-20)21-14-16-23(26)19(17-21)13-15-22(25)18-9-5-3-6-10-18/h3-17,26H,1-2H3/b15-13+. The summed E-state index contributed by atoms with van der Waals surface area (Å²) in [5.74, 6) is 0.0763. The quantitative estimate of drug-likeness (QED) is 0.483. The first-order chi connectivity index (χ1) is 12.5. The molecule has 130 valence electrons. The summed E-state index contributed by atoms with van der Waals surface area (Å²) in [6, 6.07) is 24.9. The highest BCUT2D eigenvalue weighted by Crippen LogP contribution is 2.34. The minimum Gasteiger partial charge on any atom is -0.507 e. The lowest BCUT2D eigenvalue weighted by Gasteiger charge is -2.26. The lowest BCUT2D eigenvalue weighted by Crippen LogP contribution is -2.18. The Kier molecular flexibility index (Phi) is 5.04. The minimum absolute atomic E-state index is 0.0854. The number of benzene rings is 3. The third kappa shape index (κ3) is 3.75. The van der Waals surface area contributed by atoms with Gasteiger partial charge in [0, 0.05) is 16.5 Å². The van der Waals surface area contributed by atoms with Crippen molar-refractivity contribution in [1.29, 1.82) is 0 Å². The molecule has 0 fully saturated rings. The van der Waals surface area contributed by atoms with Crippen LogP contribution in [0.4, 0.5) is 0 Å². The van der Waals surface area contributed by atoms with Gasteiger partial charge in [-0.3, -0.25) is 4.79 Å². The normalized spacial score (nSPS) is 11.6. The van der Waals surface area contributed by atoms with Crippen LogP contribution in [0, 0.1) is 0 Å². The van der Waals surface area contributed by atoms with Crippen LogP contribution in [-0.2, 0) is 5.41 Å². The summed E-state index contributed by atoms with van der Waals surface area (Å²) in [4.78, 5) is 12.3. The molecule has 0 aromatic heterocycles. The third-order valence-electron chi connectivity index (χ3n) is 4.72. The minimum atomic E-state index is -0.207. The smallest absolute Gasteiger partial charge is 0.185 e. The Labute approximate surface area is 154 Å². The summed E-state index contributed by atoms with van der Waals surface area (Å²) in [5.41, 5.74) is 3.33. The third-order valence-corrected chi connectivity index (χ3v) is 4.72. The van der Waals surface area contributed by atoms with E-state index in [1.807, 2.05) is 48.5 Å². The highest BCUT2D eigenvalue weighted by molar-refractivity contribution is 6.06. The van der Waals surface area contributed by atoms with Crippen molar-refractivity contribution in [3.8, 4) is 5.75 Å². The van der Waals surface area contributed by atoms with Crippen LogP contribution in [0.25, 0.3) is 6.08 Å². The zero-order valence-electron chi connectivity index (χ0n) is 15.0. The second kappa shape index (κ2) is 7.40. The molecule has 3 aromatic carbocycles. The lowest BCUT2D eigenvalue weighted by molar-refractivity contribution is 0.104. The van der Waals surface area contributed by atoms with E-state index in [1.165, 1.54) is 11.6 Å². The number of phenolic OH excluding ortho intramolecular Hbond substituents is 1. The van der Waals surface area contributed by atoms with Crippen LogP contribution in [0.15, 0.2) is 84.9 Å². The zero-order chi connectivity index (χ0) is 18.6. The van der Waals surface area contributed by atoms with E-state index in [0.29, 0.717) is 11.1 Å². The first-order valence-corrected chi connectivity index (χ1v) is 8.65. The molecule has 0 spiro atoms. The second-order valence-electron chi connectivity index (χ2n) is 6.83. The Morgan fingerprint density at radius 3 is 2.12 bits per heavy atom. The summed E-state index contributed by atoms with van der Waals surface area (Å²) in [6.07, 6.45) is 3.18. The molecule has 2 heteroatoms. The largest absolute Gasteiger partial charge is 0.507 e. The highest BCUT2D eigenvalue weighted by atomic mass is 16.3. The van der Waals surface area contributed by atoms with Crippen molar-refractivity contribution in [3.05, 3.63) is 107 Å². The van der Waals surface area contributed by atoms with E-state index in [9.17, 15) is 9.90 Å². The maximum absolute atomic E-state index is 12.3. The Bertz CT molecular complexity index is 923. The molecule has 0 aliphatic rings. The molecular formula is C24H22O2. The second-order valence-corrected chi connectivity index (χ2v) is 6.83. The van der Waals surface area contributed by atoms with Crippen molar-refractivity contribution in [2.75, 3.05) is 0 Å². The maximum Gasteiger partial charge on any atom is 0.185 e. The summed E-state index contributed by atoms with van der Waals surface area (Å²) in [6.45, 7) is 4.30. The average Bonchev–Trinajstić information content (AvgIpc) is 2.68. The number of ketones is 1. The molecule has 0 amide bonds. The van der Waals surface area contributed by atoms with E-state index < -0.39 is 0 Å². The van der Waals surface area contributed by atoms with Crippen molar-refractivity contribution in [2.24, 2.45) is 0 Å². The van der Waals surface area contributed by atoms with Gasteiger partial charge in [-0.25, -0.2) is 0 Å². The van der Waals surface area contributed by atoms with E-state index in [2.05, 4.69) is 26.0 Å². The Morgan fingerprint density at radius 1 is 0.846 bits per heavy atom. The van der Waals surface area contributed by atoms with Crippen LogP contribution in [0.1, 0.15) is 40.9 Å². The molecule has 2 nitrogen and oxygen atoms in total. The molecule has 0 unspecified atom stereocenters. The van der Waals surface area contributed by atoms with Crippen LogP contribution < -0.4 is 0 Å². The van der Waals surface area contributed by atoms with Gasteiger partial charge in [-0.05, 0) is 35.4 Å². The van der Waals surface area contributed by atoms with Gasteiger partial charge in [0.1, 0.15) is 5.75 Å². The molecule has 3 rings (SSSR count). The first-order valence-electron chi connectivity index (χ1n) is 8.65. The zero-order valence-corrected chi connectivity index (χ0v) is 15.0. The Morgan fingerprint density at radius 2 is 1.46 bits per heavy atom. The van der Waals surface area contributed by atoms with Crippen LogP contribution in [0.3, 0.4) is 0 Å². The van der Waals surface area contributed by atoms with Crippen LogP contribution in [-0.4, -0.2) is 10.9 Å². The van der Waals surface area contributed by atoms with Gasteiger partial charge in [0.15, 0.2) is 5.78 Å². The van der Waals surface area contributed by atoms with E-state index >= 15 is 0 Å². The van der Waals surface area contributed by atoms with E-state index in [1.54, 1.807) is 24.3 Å². The van der Waals surface area contributed by atoms with E-state index in [0.717, 1.165) is 5.56 Å². The molecular weight excluding hydrogens is 320 g/mol. The molecule has 26 heavy (non-hydrogen) atoms. The molecule has 3 aromatic rings. The average molecular weight is 342 g/mol. The first kappa shape index (κ1) is 17.7. The van der Waals surface area contributed by atoms with Gasteiger partial charge in [0.25, 0.3) is 0 Å². The number of allylic oxidation sites excluding steroid dienone is 1. The molecule has 0 saturated carbocycles. The van der Waals surface area contributed by atoms with E-state index in [-0.39, 0.29) is 16.9 Å². The predicted molar refractivity (Wildman–Crippen MR) is 106 cm³/mol. The lowest BCUT2D eigenvalue weighted by atomic mass is 9.77. The van der Waals surface area contributed by atoms with E-state index in [4.69, 9.17) is 0 Å². The SMILES string of the molecule is CC(C)(c1ccccc1)c1ccc(O)c(/C=C/C(=O)c2ccccc2)c1. The molecule has 0 atom stereocenters. The fourth-order valence-electron chi connectivity index (χ4n) is 2.96. The molecule has 0 saturated heterocycles. The van der Waals surface area contributed by atoms with Crippen molar-refractivity contribution >= 4 is 11.9 Å². The summed E-state index contributed by atoms with van der Waals surface area (Å²) in [5, 5.41) is 10.2. The summed E-state index contributed by atoms with van der Waals surface area (Å²) < 4.78 is 0. The molecule has 0 heterocycles. The maximum atomic E-state index is 12.3. The highest BCUT2D eigenvalue weighted by Gasteiger charge is 2.23. The molecule has 0 bridgehead atoms. The van der Waals surface area contributed by atoms with Gasteiger partial charge in [-0.2, -0.15) is 0 Å². The van der Waals surface area contributed by atoms with Crippen molar-refractivity contribution < 1.29 is 9.90 Å². The number of hydrogen-bond acceptors (Lipinski definition) is 2. The fourth-order valence-corrected chi connectivity index (χ4v) is 2.96. The topological polar surface area (TPSA) is 37.3 Å². The Hall–Kier alpha value is -3.13. The van der Waals surface area contributed by atoms with Crippen LogP contribution >= 0.6 is 0 Å². The molecule has 0 aliphatic carbocycles. The monoisotopic (exact) mass is 342 g/mol. The van der Waals surface area contributed by atoms with Gasteiger partial charge >= 0.3 is 0 Å². The molecule has 0 aliphatic heterocycles. The molecule has 0 radical (unpaired) electrons. The Balaban J connectivity index is 1.91. The van der Waals surface area contributed by atoms with Crippen LogP contribution in [0.2, 0.25) is 0 Å². The number of phenols is 1. The van der Waals surface area contributed by atoms with Gasteiger partial charge in [-0.15, -0.1) is 0 Å². The predicted octanol–water partition coefficient (Wildman–Crippen LogP) is 5.61. The van der Waals surface area contributed by atoms with Gasteiger partial charge in [0.2, 0.25) is 0 Å². The van der Waals surface area contributed by atoms with Gasteiger partial charge < -0.3 is 5.11 Å². The number of hydrogen-bond donors (Lipinski definition) is 1. The number of carbonyl (C=O) groups excluding carboxylic acids is 1. The fraction of sp³-hybridized carbons (Fsp3) is 0.125. The number of rotatable bonds is 5. The van der Waals surface area contributed by atoms with Crippen molar-refractivity contribution in [3.63, 3.8) is 0 Å².